The van der Waals surface area contributed by atoms with Crippen molar-refractivity contribution in [3.05, 3.63) is 41.3 Å². The standard InChI is InChI=1S/C24H29ClFN3O4/c1-15-14-28(21-12-23(32-2)27-13-18(21)25)9-7-22(15)33-17-5-6-20(19(26)11-17)29-8-3-4-16(29)10-24(30)31/h5-6,11-13,15-16,22H,3-4,7-10,14H2,1-2H3,(H,30,31)/t15?,16-,22?/m1/s1. The van der Waals surface area contributed by atoms with E-state index in [9.17, 15) is 9.18 Å². The Morgan fingerprint density at radius 1 is 1.27 bits per heavy atom. The van der Waals surface area contributed by atoms with Gasteiger partial charge in [0.15, 0.2) is 0 Å². The highest BCUT2D eigenvalue weighted by atomic mass is 35.5. The third-order valence-electron chi connectivity index (χ3n) is 6.49. The van der Waals surface area contributed by atoms with E-state index >= 15 is 0 Å². The second kappa shape index (κ2) is 10.0. The molecule has 3 heterocycles. The summed E-state index contributed by atoms with van der Waals surface area (Å²) in [5, 5.41) is 9.70. The summed E-state index contributed by atoms with van der Waals surface area (Å²) in [6.45, 7) is 4.25. The maximum absolute atomic E-state index is 15.0. The number of ether oxygens (including phenoxy) is 2. The molecule has 2 aliphatic rings. The van der Waals surface area contributed by atoms with E-state index in [4.69, 9.17) is 26.2 Å². The molecule has 2 aliphatic heterocycles. The number of hydrogen-bond acceptors (Lipinski definition) is 6. The molecule has 2 fully saturated rings. The number of carboxylic acids is 1. The molecule has 9 heteroatoms. The maximum Gasteiger partial charge on any atom is 0.305 e. The predicted molar refractivity (Wildman–Crippen MR) is 125 cm³/mol. The second-order valence-corrected chi connectivity index (χ2v) is 9.15. The Morgan fingerprint density at radius 3 is 2.79 bits per heavy atom. The monoisotopic (exact) mass is 477 g/mol. The molecule has 0 bridgehead atoms. The van der Waals surface area contributed by atoms with E-state index in [1.165, 1.54) is 6.07 Å². The van der Waals surface area contributed by atoms with Gasteiger partial charge in [-0.05, 0) is 25.0 Å². The minimum absolute atomic E-state index is 0.0150. The van der Waals surface area contributed by atoms with Crippen LogP contribution in [0, 0.1) is 11.7 Å². The van der Waals surface area contributed by atoms with Crippen molar-refractivity contribution in [2.24, 2.45) is 5.92 Å². The first-order chi connectivity index (χ1) is 15.9. The van der Waals surface area contributed by atoms with Crippen molar-refractivity contribution in [2.75, 3.05) is 36.5 Å². The Morgan fingerprint density at radius 2 is 2.09 bits per heavy atom. The first-order valence-corrected chi connectivity index (χ1v) is 11.6. The molecule has 0 aliphatic carbocycles. The van der Waals surface area contributed by atoms with Crippen LogP contribution in [0.5, 0.6) is 11.6 Å². The van der Waals surface area contributed by atoms with Gasteiger partial charge in [0.25, 0.3) is 0 Å². The number of benzene rings is 1. The van der Waals surface area contributed by atoms with Crippen LogP contribution in [0.3, 0.4) is 0 Å². The van der Waals surface area contributed by atoms with E-state index in [-0.39, 0.29) is 30.3 Å². The average molecular weight is 478 g/mol. The molecular weight excluding hydrogens is 449 g/mol. The molecule has 1 N–H and O–H groups in total. The zero-order valence-electron chi connectivity index (χ0n) is 18.8. The largest absolute Gasteiger partial charge is 0.490 e. The van der Waals surface area contributed by atoms with Gasteiger partial charge in [0.05, 0.1) is 36.1 Å². The molecule has 0 saturated carbocycles. The van der Waals surface area contributed by atoms with Gasteiger partial charge in [0.2, 0.25) is 5.88 Å². The Balaban J connectivity index is 1.41. The number of pyridine rings is 1. The number of piperidine rings is 1. The van der Waals surface area contributed by atoms with Crippen LogP contribution in [0.1, 0.15) is 32.6 Å². The van der Waals surface area contributed by atoms with Crippen LogP contribution in [0.15, 0.2) is 30.5 Å². The third kappa shape index (κ3) is 5.27. The van der Waals surface area contributed by atoms with Gasteiger partial charge in [0, 0.05) is 50.1 Å². The van der Waals surface area contributed by atoms with Gasteiger partial charge in [-0.1, -0.05) is 18.5 Å². The summed E-state index contributed by atoms with van der Waals surface area (Å²) < 4.78 is 26.3. The van der Waals surface area contributed by atoms with Crippen LogP contribution in [-0.4, -0.2) is 54.9 Å². The molecule has 4 rings (SSSR count). The highest BCUT2D eigenvalue weighted by Crippen LogP contribution is 2.35. The van der Waals surface area contributed by atoms with Crippen molar-refractivity contribution in [2.45, 2.75) is 44.8 Å². The maximum atomic E-state index is 15.0. The SMILES string of the molecule is COc1cc(N2CCC(Oc3ccc(N4CCC[C@@H]4CC(=O)O)c(F)c3)C(C)C2)c(Cl)cn1. The molecule has 1 aromatic heterocycles. The van der Waals surface area contributed by atoms with Gasteiger partial charge in [-0.2, -0.15) is 0 Å². The summed E-state index contributed by atoms with van der Waals surface area (Å²) in [6, 6.07) is 6.55. The number of nitrogens with zero attached hydrogens (tertiary/aromatic N) is 3. The number of anilines is 2. The van der Waals surface area contributed by atoms with E-state index in [1.807, 2.05) is 11.0 Å². The van der Waals surface area contributed by atoms with Crippen LogP contribution in [0.25, 0.3) is 0 Å². The summed E-state index contributed by atoms with van der Waals surface area (Å²) in [6.07, 6.45) is 3.93. The minimum Gasteiger partial charge on any atom is -0.490 e. The molecule has 7 nitrogen and oxygen atoms in total. The smallest absolute Gasteiger partial charge is 0.305 e. The minimum atomic E-state index is -0.862. The molecule has 3 atom stereocenters. The Bertz CT molecular complexity index is 1010. The van der Waals surface area contributed by atoms with E-state index in [0.29, 0.717) is 28.9 Å². The zero-order chi connectivity index (χ0) is 23.5. The molecule has 2 unspecified atom stereocenters. The van der Waals surface area contributed by atoms with E-state index in [2.05, 4.69) is 16.8 Å². The molecule has 178 valence electrons. The van der Waals surface area contributed by atoms with Crippen molar-refractivity contribution in [3.63, 3.8) is 0 Å². The number of aromatic nitrogens is 1. The third-order valence-corrected chi connectivity index (χ3v) is 6.78. The number of carboxylic acid groups (broad SMARTS) is 1. The van der Waals surface area contributed by atoms with Gasteiger partial charge >= 0.3 is 5.97 Å². The molecule has 0 radical (unpaired) electrons. The highest BCUT2D eigenvalue weighted by Gasteiger charge is 2.31. The topological polar surface area (TPSA) is 75.1 Å². The van der Waals surface area contributed by atoms with Gasteiger partial charge < -0.3 is 24.4 Å². The predicted octanol–water partition coefficient (Wildman–Crippen LogP) is 4.62. The lowest BCUT2D eigenvalue weighted by Crippen LogP contribution is -2.44. The van der Waals surface area contributed by atoms with Crippen LogP contribution < -0.4 is 19.3 Å². The Labute approximate surface area is 198 Å². The lowest BCUT2D eigenvalue weighted by Gasteiger charge is -2.38. The molecule has 0 spiro atoms. The molecule has 1 aromatic carbocycles. The Hall–Kier alpha value is -2.74. The van der Waals surface area contributed by atoms with Crippen molar-refractivity contribution >= 4 is 28.9 Å². The average Bonchev–Trinajstić information content (AvgIpc) is 3.22. The highest BCUT2D eigenvalue weighted by molar-refractivity contribution is 6.33. The number of rotatable bonds is 7. The normalized spacial score (nSPS) is 23.0. The quantitative estimate of drug-likeness (QED) is 0.623. The number of aliphatic carboxylic acids is 1. The van der Waals surface area contributed by atoms with Crippen LogP contribution in [0.4, 0.5) is 15.8 Å². The van der Waals surface area contributed by atoms with Gasteiger partial charge in [0.1, 0.15) is 17.7 Å². The van der Waals surface area contributed by atoms with Crippen LogP contribution in [0.2, 0.25) is 5.02 Å². The van der Waals surface area contributed by atoms with E-state index in [0.717, 1.165) is 38.0 Å². The van der Waals surface area contributed by atoms with E-state index in [1.54, 1.807) is 25.4 Å². The number of carbonyl (C=O) groups is 1. The zero-order valence-corrected chi connectivity index (χ0v) is 19.6. The summed E-state index contributed by atoms with van der Waals surface area (Å²) in [5.41, 5.74) is 1.32. The summed E-state index contributed by atoms with van der Waals surface area (Å²) in [4.78, 5) is 19.3. The van der Waals surface area contributed by atoms with Gasteiger partial charge in [-0.15, -0.1) is 0 Å². The lowest BCUT2D eigenvalue weighted by molar-refractivity contribution is -0.137. The number of hydrogen-bond donors (Lipinski definition) is 1. The lowest BCUT2D eigenvalue weighted by atomic mass is 9.96. The molecule has 2 saturated heterocycles. The van der Waals surface area contributed by atoms with Crippen molar-refractivity contribution < 1.29 is 23.8 Å². The van der Waals surface area contributed by atoms with Gasteiger partial charge in [-0.25, -0.2) is 9.37 Å². The van der Waals surface area contributed by atoms with Crippen molar-refractivity contribution in [3.8, 4) is 11.6 Å². The van der Waals surface area contributed by atoms with Crippen molar-refractivity contribution in [1.82, 2.24) is 4.98 Å². The fourth-order valence-corrected chi connectivity index (χ4v) is 5.04. The fourth-order valence-electron chi connectivity index (χ4n) is 4.82. The molecule has 33 heavy (non-hydrogen) atoms. The van der Waals surface area contributed by atoms with Crippen molar-refractivity contribution in [1.29, 1.82) is 0 Å². The van der Waals surface area contributed by atoms with E-state index < -0.39 is 5.97 Å². The molecule has 2 aromatic rings. The Kier molecular flexibility index (Phi) is 7.12. The fraction of sp³-hybridized carbons (Fsp3) is 0.500. The second-order valence-electron chi connectivity index (χ2n) is 8.75. The molecular formula is C24H29ClFN3O4. The first-order valence-electron chi connectivity index (χ1n) is 11.2. The van der Waals surface area contributed by atoms with Gasteiger partial charge in [-0.3, -0.25) is 4.79 Å². The summed E-state index contributed by atoms with van der Waals surface area (Å²) in [7, 11) is 1.57. The number of methoxy groups -OCH3 is 1. The number of halogens is 2. The van der Waals surface area contributed by atoms with Crippen LogP contribution >= 0.6 is 11.6 Å². The molecule has 0 amide bonds. The van der Waals surface area contributed by atoms with Crippen LogP contribution in [-0.2, 0) is 4.79 Å². The summed E-state index contributed by atoms with van der Waals surface area (Å²) >= 11 is 6.36. The first kappa shape index (κ1) is 23.4. The summed E-state index contributed by atoms with van der Waals surface area (Å²) in [5.74, 6) is -0.0568.